The molecule has 0 radical (unpaired) electrons. The maximum absolute atomic E-state index is 10.4. The molecule has 3 heteroatoms. The molecule has 0 spiro atoms. The molecule has 0 aromatic heterocycles. The zero-order valence-corrected chi connectivity index (χ0v) is 9.36. The first-order chi connectivity index (χ1) is 7.36. The van der Waals surface area contributed by atoms with Crippen molar-refractivity contribution in [3.63, 3.8) is 0 Å². The van der Waals surface area contributed by atoms with Gasteiger partial charge in [0.2, 0.25) is 8.61 Å². The van der Waals surface area contributed by atoms with Crippen LogP contribution in [0.15, 0.2) is 49.1 Å². The molecule has 0 heterocycles. The number of hydrogen-bond donors (Lipinski definition) is 1. The molecule has 0 aliphatic heterocycles. The third-order valence-corrected chi connectivity index (χ3v) is 2.40. The molecule has 0 bridgehead atoms. The van der Waals surface area contributed by atoms with Crippen LogP contribution in [0, 0.1) is 0 Å². The Kier molecular flexibility index (Phi) is 5.60. The first-order valence-electron chi connectivity index (χ1n) is 4.79. The monoisotopic (exact) mass is 219 g/mol. The molecule has 1 rings (SSSR count). The highest BCUT2D eigenvalue weighted by molar-refractivity contribution is 7.21. The first-order valence-corrected chi connectivity index (χ1v) is 5.60. The van der Waals surface area contributed by atoms with Gasteiger partial charge in [0.25, 0.3) is 0 Å². The summed E-state index contributed by atoms with van der Waals surface area (Å²) in [6.45, 7) is 3.66. The van der Waals surface area contributed by atoms with E-state index in [0.717, 1.165) is 12.0 Å². The lowest BCUT2D eigenvalue weighted by molar-refractivity contribution is 0.585. The second kappa shape index (κ2) is 7.10. The molecule has 0 aliphatic rings. The Morgan fingerprint density at radius 3 is 2.73 bits per heavy atom. The lowest BCUT2D eigenvalue weighted by Gasteiger charge is -2.05. The van der Waals surface area contributed by atoms with E-state index in [1.165, 1.54) is 0 Å². The maximum atomic E-state index is 10.4. The van der Waals surface area contributed by atoms with Crippen LogP contribution in [-0.4, -0.2) is 6.04 Å². The zero-order valence-electron chi connectivity index (χ0n) is 8.47. The van der Waals surface area contributed by atoms with Crippen LogP contribution in [0.5, 0.6) is 0 Å². The Hall–Kier alpha value is -1.24. The van der Waals surface area contributed by atoms with Gasteiger partial charge in [0, 0.05) is 6.04 Å². The van der Waals surface area contributed by atoms with E-state index >= 15 is 0 Å². The fourth-order valence-electron chi connectivity index (χ4n) is 1.21. The van der Waals surface area contributed by atoms with Crippen LogP contribution in [0.4, 0.5) is 0 Å². The molecule has 2 nitrogen and oxygen atoms in total. The van der Waals surface area contributed by atoms with Gasteiger partial charge in [-0.3, -0.25) is 4.57 Å². The highest BCUT2D eigenvalue weighted by Crippen LogP contribution is 2.05. The van der Waals surface area contributed by atoms with Crippen LogP contribution >= 0.6 is 8.61 Å². The summed E-state index contributed by atoms with van der Waals surface area (Å²) >= 11 is 0. The third-order valence-electron chi connectivity index (χ3n) is 1.96. The van der Waals surface area contributed by atoms with E-state index in [4.69, 9.17) is 0 Å². The van der Waals surface area contributed by atoms with Crippen molar-refractivity contribution in [2.75, 3.05) is 0 Å². The van der Waals surface area contributed by atoms with E-state index in [9.17, 15) is 4.57 Å². The Morgan fingerprint density at radius 2 is 2.13 bits per heavy atom. The molecule has 1 unspecified atom stereocenters. The van der Waals surface area contributed by atoms with Crippen molar-refractivity contribution in [2.45, 2.75) is 12.5 Å². The normalized spacial score (nSPS) is 13.1. The minimum atomic E-state index is -0.0489. The summed E-state index contributed by atoms with van der Waals surface area (Å²) in [5, 5.41) is 2.81. The summed E-state index contributed by atoms with van der Waals surface area (Å²) in [6, 6.07) is 10.1. The summed E-state index contributed by atoms with van der Waals surface area (Å²) in [6.07, 6.45) is 6.56. The Labute approximate surface area is 92.0 Å². The van der Waals surface area contributed by atoms with Crippen LogP contribution in [0.25, 0.3) is 6.08 Å². The highest BCUT2D eigenvalue weighted by Gasteiger charge is 1.99. The van der Waals surface area contributed by atoms with Crippen LogP contribution in [0.3, 0.4) is 0 Å². The molecule has 0 saturated carbocycles. The van der Waals surface area contributed by atoms with Gasteiger partial charge in [0.05, 0.1) is 0 Å². The minimum absolute atomic E-state index is 0.0489. The molecular formula is C12H14NOP. The van der Waals surface area contributed by atoms with Crippen molar-refractivity contribution in [3.8, 4) is 0 Å². The van der Waals surface area contributed by atoms with E-state index in [0.29, 0.717) is 0 Å². The number of nitrogens with one attached hydrogen (secondary N) is 1. The van der Waals surface area contributed by atoms with Crippen molar-refractivity contribution in [3.05, 3.63) is 54.6 Å². The largest absolute Gasteiger partial charge is 0.256 e. The van der Waals surface area contributed by atoms with E-state index in [-0.39, 0.29) is 14.7 Å². The van der Waals surface area contributed by atoms with Gasteiger partial charge in [-0.1, -0.05) is 48.6 Å². The van der Waals surface area contributed by atoms with Gasteiger partial charge >= 0.3 is 0 Å². The summed E-state index contributed by atoms with van der Waals surface area (Å²) in [7, 11) is -0.0489. The average Bonchev–Trinajstić information content (AvgIpc) is 2.28. The second-order valence-corrected chi connectivity index (χ2v) is 3.56. The fourth-order valence-corrected chi connectivity index (χ4v) is 1.54. The van der Waals surface area contributed by atoms with E-state index in [1.54, 1.807) is 6.08 Å². The molecule has 1 aromatic carbocycles. The predicted molar refractivity (Wildman–Crippen MR) is 64.8 cm³/mol. The SMILES string of the molecule is C=CCC(C=Cc1ccccc1)NP=O. The number of hydrogen-bond acceptors (Lipinski definition) is 1. The maximum Gasteiger partial charge on any atom is 0.246 e. The summed E-state index contributed by atoms with van der Waals surface area (Å²) in [5.41, 5.74) is 1.14. The molecular weight excluding hydrogens is 205 g/mol. The van der Waals surface area contributed by atoms with E-state index in [2.05, 4.69) is 11.7 Å². The van der Waals surface area contributed by atoms with Crippen LogP contribution in [0.1, 0.15) is 12.0 Å². The Balaban J connectivity index is 2.60. The van der Waals surface area contributed by atoms with Crippen LogP contribution in [0.2, 0.25) is 0 Å². The lowest BCUT2D eigenvalue weighted by atomic mass is 10.1. The van der Waals surface area contributed by atoms with Crippen molar-refractivity contribution < 1.29 is 4.57 Å². The van der Waals surface area contributed by atoms with Gasteiger partial charge in [0.1, 0.15) is 0 Å². The smallest absolute Gasteiger partial charge is 0.246 e. The molecule has 0 aliphatic carbocycles. The molecule has 78 valence electrons. The van der Waals surface area contributed by atoms with Gasteiger partial charge in [0.15, 0.2) is 0 Å². The molecule has 1 atom stereocenters. The molecule has 1 aromatic rings. The van der Waals surface area contributed by atoms with E-state index < -0.39 is 0 Å². The average molecular weight is 219 g/mol. The van der Waals surface area contributed by atoms with Crippen LogP contribution in [-0.2, 0) is 4.57 Å². The van der Waals surface area contributed by atoms with Crippen molar-refractivity contribution in [1.29, 1.82) is 0 Å². The topological polar surface area (TPSA) is 29.1 Å². The second-order valence-electron chi connectivity index (χ2n) is 3.12. The summed E-state index contributed by atoms with van der Waals surface area (Å²) in [5.74, 6) is 0. The standard InChI is InChI=1S/C12H14NOP/c1-2-6-12(13-15-14)10-9-11-7-4-3-5-8-11/h2-5,7-10,12H,1,6H2,(H,13,14). The predicted octanol–water partition coefficient (Wildman–Crippen LogP) is 3.44. The van der Waals surface area contributed by atoms with Crippen LogP contribution < -0.4 is 5.09 Å². The summed E-state index contributed by atoms with van der Waals surface area (Å²) < 4.78 is 10.4. The summed E-state index contributed by atoms with van der Waals surface area (Å²) in [4.78, 5) is 0. The van der Waals surface area contributed by atoms with Gasteiger partial charge in [-0.25, -0.2) is 5.09 Å². The first kappa shape index (κ1) is 11.8. The Morgan fingerprint density at radius 1 is 1.40 bits per heavy atom. The Bertz CT molecular complexity index is 325. The molecule has 1 N–H and O–H groups in total. The molecule has 0 fully saturated rings. The van der Waals surface area contributed by atoms with E-state index in [1.807, 2.05) is 42.5 Å². The number of benzene rings is 1. The van der Waals surface area contributed by atoms with Crippen molar-refractivity contribution in [1.82, 2.24) is 5.09 Å². The fraction of sp³-hybridized carbons (Fsp3) is 0.167. The quantitative estimate of drug-likeness (QED) is 0.586. The minimum Gasteiger partial charge on any atom is -0.256 e. The zero-order chi connectivity index (χ0) is 10.9. The third kappa shape index (κ3) is 4.68. The highest BCUT2D eigenvalue weighted by atomic mass is 31.1. The number of rotatable bonds is 6. The molecule has 0 saturated heterocycles. The molecule has 0 amide bonds. The van der Waals surface area contributed by atoms with Gasteiger partial charge < -0.3 is 0 Å². The van der Waals surface area contributed by atoms with Crippen molar-refractivity contribution >= 4 is 14.7 Å². The van der Waals surface area contributed by atoms with Gasteiger partial charge in [-0.05, 0) is 12.0 Å². The molecule has 15 heavy (non-hydrogen) atoms. The van der Waals surface area contributed by atoms with Gasteiger partial charge in [-0.15, -0.1) is 6.58 Å². The lowest BCUT2D eigenvalue weighted by Crippen LogP contribution is -2.16. The van der Waals surface area contributed by atoms with Gasteiger partial charge in [-0.2, -0.15) is 0 Å². The van der Waals surface area contributed by atoms with Crippen molar-refractivity contribution in [2.24, 2.45) is 0 Å².